The van der Waals surface area contributed by atoms with Gasteiger partial charge in [-0.15, -0.1) is 0 Å². The molecule has 1 heterocycles. The van der Waals surface area contributed by atoms with Gasteiger partial charge in [0.05, 0.1) is 0 Å². The minimum Gasteiger partial charge on any atom is -0.300 e. The summed E-state index contributed by atoms with van der Waals surface area (Å²) in [7, 11) is 0. The highest BCUT2D eigenvalue weighted by Gasteiger charge is 2.16. The van der Waals surface area contributed by atoms with E-state index in [0.717, 1.165) is 30.5 Å². The van der Waals surface area contributed by atoms with Crippen LogP contribution in [0.5, 0.6) is 0 Å². The van der Waals surface area contributed by atoms with Crippen LogP contribution in [0.3, 0.4) is 0 Å². The van der Waals surface area contributed by atoms with Gasteiger partial charge in [0.15, 0.2) is 0 Å². The predicted octanol–water partition coefficient (Wildman–Crippen LogP) is 2.79. The van der Waals surface area contributed by atoms with Gasteiger partial charge in [0.25, 0.3) is 0 Å². The molecule has 2 nitrogen and oxygen atoms in total. The second kappa shape index (κ2) is 5.11. The van der Waals surface area contributed by atoms with Crippen molar-refractivity contribution in [3.05, 3.63) is 33.8 Å². The summed E-state index contributed by atoms with van der Waals surface area (Å²) in [5.41, 5.74) is 2.84. The number of hydrogen-bond donors (Lipinski definition) is 0. The standard InChI is InChI=1S/C13H16BrNO/c1-10(16)4-6-15-7-5-11-8-13(14)3-2-12(11)9-15/h2-3,8H,4-7,9H2,1H3. The van der Waals surface area contributed by atoms with Crippen LogP contribution in [-0.2, 0) is 17.8 Å². The van der Waals surface area contributed by atoms with Gasteiger partial charge in [-0.05, 0) is 36.6 Å². The van der Waals surface area contributed by atoms with E-state index in [4.69, 9.17) is 0 Å². The Hall–Kier alpha value is -0.670. The van der Waals surface area contributed by atoms with Gasteiger partial charge < -0.3 is 0 Å². The van der Waals surface area contributed by atoms with Gasteiger partial charge >= 0.3 is 0 Å². The quantitative estimate of drug-likeness (QED) is 0.849. The lowest BCUT2D eigenvalue weighted by Crippen LogP contribution is -2.32. The van der Waals surface area contributed by atoms with Crippen molar-refractivity contribution in [3.8, 4) is 0 Å². The zero-order chi connectivity index (χ0) is 11.5. The molecule has 1 aromatic rings. The Bertz CT molecular complexity index is 403. The van der Waals surface area contributed by atoms with Crippen LogP contribution in [-0.4, -0.2) is 23.8 Å². The van der Waals surface area contributed by atoms with Gasteiger partial charge in [-0.2, -0.15) is 0 Å². The SMILES string of the molecule is CC(=O)CCN1CCc2cc(Br)ccc2C1. The van der Waals surface area contributed by atoms with Gasteiger partial charge in [-0.25, -0.2) is 0 Å². The van der Waals surface area contributed by atoms with Crippen LogP contribution in [0.4, 0.5) is 0 Å². The van der Waals surface area contributed by atoms with Crippen molar-refractivity contribution in [2.75, 3.05) is 13.1 Å². The first-order valence-corrected chi connectivity index (χ1v) is 6.43. The molecule has 16 heavy (non-hydrogen) atoms. The number of rotatable bonds is 3. The summed E-state index contributed by atoms with van der Waals surface area (Å²) in [6.45, 7) is 4.60. The predicted molar refractivity (Wildman–Crippen MR) is 68.4 cm³/mol. The van der Waals surface area contributed by atoms with Crippen molar-refractivity contribution in [3.63, 3.8) is 0 Å². The van der Waals surface area contributed by atoms with Crippen LogP contribution in [0.1, 0.15) is 24.5 Å². The maximum Gasteiger partial charge on any atom is 0.131 e. The zero-order valence-electron chi connectivity index (χ0n) is 9.50. The first-order valence-electron chi connectivity index (χ1n) is 5.64. The molecule has 0 radical (unpaired) electrons. The number of fused-ring (bicyclic) bond motifs is 1. The van der Waals surface area contributed by atoms with E-state index in [1.807, 2.05) is 0 Å². The molecule has 0 amide bonds. The van der Waals surface area contributed by atoms with Gasteiger partial charge in [0.1, 0.15) is 5.78 Å². The third-order valence-corrected chi connectivity index (χ3v) is 3.53. The van der Waals surface area contributed by atoms with Crippen molar-refractivity contribution < 1.29 is 4.79 Å². The van der Waals surface area contributed by atoms with E-state index in [-0.39, 0.29) is 5.78 Å². The first-order chi connectivity index (χ1) is 7.65. The van der Waals surface area contributed by atoms with Crippen LogP contribution >= 0.6 is 15.9 Å². The lowest BCUT2D eigenvalue weighted by Gasteiger charge is -2.28. The molecular formula is C13H16BrNO. The lowest BCUT2D eigenvalue weighted by atomic mass is 10.00. The maximum atomic E-state index is 10.9. The van der Waals surface area contributed by atoms with Gasteiger partial charge in [0.2, 0.25) is 0 Å². The number of benzene rings is 1. The molecule has 1 aliphatic rings. The molecule has 0 aromatic heterocycles. The molecule has 0 saturated carbocycles. The fraction of sp³-hybridized carbons (Fsp3) is 0.462. The van der Waals surface area contributed by atoms with Crippen LogP contribution in [0, 0.1) is 0 Å². The average molecular weight is 282 g/mol. The summed E-state index contributed by atoms with van der Waals surface area (Å²) in [5.74, 6) is 0.279. The Kier molecular flexibility index (Phi) is 3.77. The number of carbonyl (C=O) groups is 1. The molecule has 0 spiro atoms. The fourth-order valence-electron chi connectivity index (χ4n) is 2.09. The van der Waals surface area contributed by atoms with Crippen molar-refractivity contribution in [2.45, 2.75) is 26.3 Å². The van der Waals surface area contributed by atoms with Crippen molar-refractivity contribution in [2.24, 2.45) is 0 Å². The third kappa shape index (κ3) is 2.92. The Morgan fingerprint density at radius 3 is 3.00 bits per heavy atom. The molecule has 1 aromatic carbocycles. The van der Waals surface area contributed by atoms with Crippen LogP contribution < -0.4 is 0 Å². The van der Waals surface area contributed by atoms with Crippen LogP contribution in [0.2, 0.25) is 0 Å². The van der Waals surface area contributed by atoms with E-state index in [2.05, 4.69) is 39.0 Å². The lowest BCUT2D eigenvalue weighted by molar-refractivity contribution is -0.117. The summed E-state index contributed by atoms with van der Waals surface area (Å²) >= 11 is 3.50. The van der Waals surface area contributed by atoms with Gasteiger partial charge in [-0.3, -0.25) is 9.69 Å². The zero-order valence-corrected chi connectivity index (χ0v) is 11.1. The minimum atomic E-state index is 0.279. The second-order valence-corrected chi connectivity index (χ2v) is 5.31. The second-order valence-electron chi connectivity index (χ2n) is 4.39. The monoisotopic (exact) mass is 281 g/mol. The van der Waals surface area contributed by atoms with Crippen molar-refractivity contribution >= 4 is 21.7 Å². The molecule has 0 unspecified atom stereocenters. The highest BCUT2D eigenvalue weighted by atomic mass is 79.9. The summed E-state index contributed by atoms with van der Waals surface area (Å²) in [6, 6.07) is 6.48. The van der Waals surface area contributed by atoms with E-state index >= 15 is 0 Å². The summed E-state index contributed by atoms with van der Waals surface area (Å²) in [5, 5.41) is 0. The van der Waals surface area contributed by atoms with E-state index in [1.165, 1.54) is 11.1 Å². The van der Waals surface area contributed by atoms with Gasteiger partial charge in [0, 0.05) is 30.5 Å². The minimum absolute atomic E-state index is 0.279. The van der Waals surface area contributed by atoms with Crippen molar-refractivity contribution in [1.29, 1.82) is 0 Å². The normalized spacial score (nSPS) is 15.9. The fourth-order valence-corrected chi connectivity index (χ4v) is 2.49. The smallest absolute Gasteiger partial charge is 0.131 e. The molecule has 0 atom stereocenters. The number of ketones is 1. The van der Waals surface area contributed by atoms with E-state index in [0.29, 0.717) is 6.42 Å². The van der Waals surface area contributed by atoms with Crippen molar-refractivity contribution in [1.82, 2.24) is 4.90 Å². The number of hydrogen-bond acceptors (Lipinski definition) is 2. The number of carbonyl (C=O) groups excluding carboxylic acids is 1. The molecule has 3 heteroatoms. The third-order valence-electron chi connectivity index (χ3n) is 3.04. The molecule has 86 valence electrons. The Morgan fingerprint density at radius 2 is 2.25 bits per heavy atom. The highest BCUT2D eigenvalue weighted by molar-refractivity contribution is 9.10. The Labute approximate surface area is 105 Å². The van der Waals surface area contributed by atoms with Gasteiger partial charge in [-0.1, -0.05) is 22.0 Å². The van der Waals surface area contributed by atoms with E-state index in [9.17, 15) is 4.79 Å². The topological polar surface area (TPSA) is 20.3 Å². The van der Waals surface area contributed by atoms with Crippen LogP contribution in [0.15, 0.2) is 22.7 Å². The molecule has 0 bridgehead atoms. The Morgan fingerprint density at radius 1 is 1.44 bits per heavy atom. The first kappa shape index (κ1) is 11.8. The summed E-state index contributed by atoms with van der Waals surface area (Å²) in [6.07, 6.45) is 1.76. The average Bonchev–Trinajstić information content (AvgIpc) is 2.26. The molecule has 2 rings (SSSR count). The molecule has 1 aliphatic heterocycles. The number of halogens is 1. The Balaban J connectivity index is 2.01. The van der Waals surface area contributed by atoms with E-state index in [1.54, 1.807) is 6.92 Å². The summed E-state index contributed by atoms with van der Waals surface area (Å²) in [4.78, 5) is 13.3. The molecule has 0 fully saturated rings. The van der Waals surface area contributed by atoms with E-state index < -0.39 is 0 Å². The van der Waals surface area contributed by atoms with Crippen LogP contribution in [0.25, 0.3) is 0 Å². The summed E-state index contributed by atoms with van der Waals surface area (Å²) < 4.78 is 1.16. The number of nitrogens with zero attached hydrogens (tertiary/aromatic N) is 1. The molecule has 0 aliphatic carbocycles. The molecule has 0 N–H and O–H groups in total. The highest BCUT2D eigenvalue weighted by Crippen LogP contribution is 2.22. The maximum absolute atomic E-state index is 10.9. The molecular weight excluding hydrogens is 266 g/mol. The largest absolute Gasteiger partial charge is 0.300 e. The number of Topliss-reactive ketones (excluding diaryl/α,β-unsaturated/α-hetero) is 1. The molecule has 0 saturated heterocycles.